The van der Waals surface area contributed by atoms with Crippen LogP contribution in [0.1, 0.15) is 30.5 Å². The molecule has 0 aliphatic heterocycles. The lowest BCUT2D eigenvalue weighted by Crippen LogP contribution is -2.29. The lowest BCUT2D eigenvalue weighted by Gasteiger charge is -2.18. The van der Waals surface area contributed by atoms with E-state index in [1.165, 1.54) is 6.26 Å². The SMILES string of the molecule is CC[C@@H](NC(=O)CSCc1ccc(OC)cc1)c1ccc(S(C)(=O)=O)cc1. The third kappa shape index (κ3) is 6.59. The molecule has 27 heavy (non-hydrogen) atoms. The maximum absolute atomic E-state index is 12.3. The molecule has 0 fully saturated rings. The number of ether oxygens (including phenoxy) is 1. The van der Waals surface area contributed by atoms with E-state index in [0.717, 1.165) is 29.1 Å². The fourth-order valence-electron chi connectivity index (χ4n) is 2.59. The van der Waals surface area contributed by atoms with Gasteiger partial charge in [0.15, 0.2) is 9.84 Å². The molecule has 2 rings (SSSR count). The Bertz CT molecular complexity index is 847. The van der Waals surface area contributed by atoms with Crippen molar-refractivity contribution < 1.29 is 17.9 Å². The Labute approximate surface area is 165 Å². The molecule has 1 amide bonds. The van der Waals surface area contributed by atoms with Gasteiger partial charge in [0.1, 0.15) is 5.75 Å². The van der Waals surface area contributed by atoms with Gasteiger partial charge in [-0.3, -0.25) is 4.79 Å². The highest BCUT2D eigenvalue weighted by Crippen LogP contribution is 2.20. The van der Waals surface area contributed by atoms with Crippen molar-refractivity contribution in [3.05, 3.63) is 59.7 Å². The quantitative estimate of drug-likeness (QED) is 0.688. The van der Waals surface area contributed by atoms with Gasteiger partial charge in [-0.05, 0) is 41.8 Å². The second-order valence-electron chi connectivity index (χ2n) is 6.21. The number of hydrogen-bond acceptors (Lipinski definition) is 5. The lowest BCUT2D eigenvalue weighted by atomic mass is 10.0. The Hall–Kier alpha value is -1.99. The van der Waals surface area contributed by atoms with Crippen LogP contribution in [0.3, 0.4) is 0 Å². The van der Waals surface area contributed by atoms with Gasteiger partial charge in [0.2, 0.25) is 5.91 Å². The summed E-state index contributed by atoms with van der Waals surface area (Å²) in [5.41, 5.74) is 2.04. The molecule has 1 N–H and O–H groups in total. The molecule has 0 radical (unpaired) electrons. The number of benzene rings is 2. The van der Waals surface area contributed by atoms with Crippen LogP contribution in [0.2, 0.25) is 0 Å². The Morgan fingerprint density at radius 3 is 2.26 bits per heavy atom. The van der Waals surface area contributed by atoms with Crippen LogP contribution in [0.25, 0.3) is 0 Å². The first kappa shape index (κ1) is 21.3. The minimum Gasteiger partial charge on any atom is -0.497 e. The maximum Gasteiger partial charge on any atom is 0.230 e. The summed E-state index contributed by atoms with van der Waals surface area (Å²) in [4.78, 5) is 12.5. The number of hydrogen-bond donors (Lipinski definition) is 1. The summed E-state index contributed by atoms with van der Waals surface area (Å²) in [6.07, 6.45) is 1.91. The van der Waals surface area contributed by atoms with E-state index in [4.69, 9.17) is 4.74 Å². The molecule has 0 aliphatic carbocycles. The average Bonchev–Trinajstić information content (AvgIpc) is 2.66. The minimum absolute atomic E-state index is 0.0347. The Kier molecular flexibility index (Phi) is 7.74. The molecular formula is C20H25NO4S2. The molecule has 0 aliphatic rings. The number of carbonyl (C=O) groups is 1. The summed E-state index contributed by atoms with van der Waals surface area (Å²) in [5, 5.41) is 3.02. The number of thioether (sulfide) groups is 1. The highest BCUT2D eigenvalue weighted by molar-refractivity contribution is 7.99. The van der Waals surface area contributed by atoms with Crippen LogP contribution in [0.5, 0.6) is 5.75 Å². The van der Waals surface area contributed by atoms with Crippen LogP contribution >= 0.6 is 11.8 Å². The first-order chi connectivity index (χ1) is 12.8. The van der Waals surface area contributed by atoms with Gasteiger partial charge in [0.25, 0.3) is 0 Å². The van der Waals surface area contributed by atoms with Crippen molar-refractivity contribution in [3.63, 3.8) is 0 Å². The molecule has 146 valence electrons. The van der Waals surface area contributed by atoms with Gasteiger partial charge in [-0.2, -0.15) is 0 Å². The van der Waals surface area contributed by atoms with E-state index in [-0.39, 0.29) is 16.8 Å². The predicted molar refractivity (Wildman–Crippen MR) is 110 cm³/mol. The molecule has 0 aromatic heterocycles. The topological polar surface area (TPSA) is 72.5 Å². The van der Waals surface area contributed by atoms with Crippen LogP contribution in [-0.2, 0) is 20.4 Å². The van der Waals surface area contributed by atoms with E-state index in [1.54, 1.807) is 43.1 Å². The van der Waals surface area contributed by atoms with E-state index in [9.17, 15) is 13.2 Å². The third-order valence-corrected chi connectivity index (χ3v) is 6.25. The first-order valence-corrected chi connectivity index (χ1v) is 11.7. The number of nitrogens with one attached hydrogen (secondary N) is 1. The fourth-order valence-corrected chi connectivity index (χ4v) is 4.02. The molecule has 0 saturated heterocycles. The zero-order valence-electron chi connectivity index (χ0n) is 15.8. The van der Waals surface area contributed by atoms with Crippen molar-refractivity contribution in [1.29, 1.82) is 0 Å². The number of amides is 1. The molecule has 0 bridgehead atoms. The molecule has 2 aromatic rings. The van der Waals surface area contributed by atoms with Crippen LogP contribution < -0.4 is 10.1 Å². The molecule has 0 saturated carbocycles. The molecule has 2 aromatic carbocycles. The van der Waals surface area contributed by atoms with Crippen molar-refractivity contribution in [1.82, 2.24) is 5.32 Å². The zero-order valence-corrected chi connectivity index (χ0v) is 17.4. The summed E-state index contributed by atoms with van der Waals surface area (Å²) in [7, 11) is -1.58. The first-order valence-electron chi connectivity index (χ1n) is 8.63. The predicted octanol–water partition coefficient (Wildman–Crippen LogP) is 3.60. The number of rotatable bonds is 9. The normalized spacial score (nSPS) is 12.4. The van der Waals surface area contributed by atoms with Crippen molar-refractivity contribution >= 4 is 27.5 Å². The Balaban J connectivity index is 1.86. The molecule has 0 heterocycles. The molecule has 0 unspecified atom stereocenters. The Morgan fingerprint density at radius 1 is 1.11 bits per heavy atom. The van der Waals surface area contributed by atoms with E-state index in [2.05, 4.69) is 5.32 Å². The van der Waals surface area contributed by atoms with Gasteiger partial charge in [-0.25, -0.2) is 8.42 Å². The fraction of sp³-hybridized carbons (Fsp3) is 0.350. The smallest absolute Gasteiger partial charge is 0.230 e. The van der Waals surface area contributed by atoms with Gasteiger partial charge in [-0.1, -0.05) is 31.2 Å². The number of methoxy groups -OCH3 is 1. The Morgan fingerprint density at radius 2 is 1.74 bits per heavy atom. The molecule has 7 heteroatoms. The van der Waals surface area contributed by atoms with Gasteiger partial charge in [-0.15, -0.1) is 11.8 Å². The van der Waals surface area contributed by atoms with Crippen LogP contribution in [0.4, 0.5) is 0 Å². The average molecular weight is 408 g/mol. The van der Waals surface area contributed by atoms with Gasteiger partial charge < -0.3 is 10.1 Å². The van der Waals surface area contributed by atoms with Crippen molar-refractivity contribution in [2.45, 2.75) is 30.0 Å². The minimum atomic E-state index is -3.22. The second-order valence-corrected chi connectivity index (χ2v) is 9.21. The second kappa shape index (κ2) is 9.80. The molecule has 0 spiro atoms. The van der Waals surface area contributed by atoms with Crippen molar-refractivity contribution in [2.24, 2.45) is 0 Å². The summed E-state index contributed by atoms with van der Waals surface area (Å²) >= 11 is 1.55. The van der Waals surface area contributed by atoms with E-state index in [0.29, 0.717) is 5.75 Å². The summed E-state index contributed by atoms with van der Waals surface area (Å²) < 4.78 is 28.2. The van der Waals surface area contributed by atoms with Gasteiger partial charge in [0, 0.05) is 12.0 Å². The van der Waals surface area contributed by atoms with Crippen LogP contribution in [-0.4, -0.2) is 33.4 Å². The van der Waals surface area contributed by atoms with Crippen LogP contribution in [0, 0.1) is 0 Å². The van der Waals surface area contributed by atoms with Crippen molar-refractivity contribution in [2.75, 3.05) is 19.1 Å². The standard InChI is InChI=1S/C20H25NO4S2/c1-4-19(16-7-11-18(12-8-16)27(3,23)24)21-20(22)14-26-13-15-5-9-17(25-2)10-6-15/h5-12,19H,4,13-14H2,1-3H3,(H,21,22)/t19-/m1/s1. The summed E-state index contributed by atoms with van der Waals surface area (Å²) in [6.45, 7) is 1.99. The largest absolute Gasteiger partial charge is 0.497 e. The molecular weight excluding hydrogens is 382 g/mol. The van der Waals surface area contributed by atoms with E-state index < -0.39 is 9.84 Å². The van der Waals surface area contributed by atoms with E-state index in [1.807, 2.05) is 31.2 Å². The number of carbonyl (C=O) groups excluding carboxylic acids is 1. The lowest BCUT2D eigenvalue weighted by molar-refractivity contribution is -0.119. The summed E-state index contributed by atoms with van der Waals surface area (Å²) in [5.74, 6) is 1.89. The molecule has 1 atom stereocenters. The number of sulfone groups is 1. The highest BCUT2D eigenvalue weighted by atomic mass is 32.2. The van der Waals surface area contributed by atoms with Crippen LogP contribution in [0.15, 0.2) is 53.4 Å². The van der Waals surface area contributed by atoms with Gasteiger partial charge in [0.05, 0.1) is 23.8 Å². The zero-order chi connectivity index (χ0) is 19.9. The maximum atomic E-state index is 12.3. The molecule has 5 nitrogen and oxygen atoms in total. The van der Waals surface area contributed by atoms with Crippen molar-refractivity contribution in [3.8, 4) is 5.75 Å². The summed E-state index contributed by atoms with van der Waals surface area (Å²) in [6, 6.07) is 14.3. The monoisotopic (exact) mass is 407 g/mol. The third-order valence-electron chi connectivity index (χ3n) is 4.12. The van der Waals surface area contributed by atoms with Gasteiger partial charge >= 0.3 is 0 Å². The highest BCUT2D eigenvalue weighted by Gasteiger charge is 2.14. The van der Waals surface area contributed by atoms with E-state index >= 15 is 0 Å².